The molecule has 0 atom stereocenters. The summed E-state index contributed by atoms with van der Waals surface area (Å²) in [5, 5.41) is 10.5. The zero-order chi connectivity index (χ0) is 30.1. The molecule has 0 heterocycles. The number of nitrogen functional groups attached to an aromatic ring is 2. The highest BCUT2D eigenvalue weighted by molar-refractivity contribution is 6.33. The molecule has 220 valence electrons. The van der Waals surface area contributed by atoms with Crippen LogP contribution in [-0.4, -0.2) is 16.7 Å². The summed E-state index contributed by atoms with van der Waals surface area (Å²) in [6.45, 7) is 2.27. The Hall–Kier alpha value is -4.58. The molecule has 6 rings (SSSR count). The van der Waals surface area contributed by atoms with E-state index in [1.165, 1.54) is 81.2 Å². The van der Waals surface area contributed by atoms with Crippen molar-refractivity contribution in [1.29, 1.82) is 0 Å². The molecule has 2 aliphatic rings. The number of hydrogen-bond donors (Lipinski definition) is 3. The molecule has 0 spiro atoms. The molecule has 0 amide bonds. The molecule has 5 N–H and O–H groups in total. The van der Waals surface area contributed by atoms with Crippen molar-refractivity contribution in [3.8, 4) is 28.4 Å². The Morgan fingerprint density at radius 3 is 1.88 bits per heavy atom. The fourth-order valence-electron chi connectivity index (χ4n) is 6.74. The fraction of sp³-hybridized carbons (Fsp3) is 0.297. The van der Waals surface area contributed by atoms with Crippen LogP contribution in [0, 0.1) is 5.92 Å². The first kappa shape index (κ1) is 28.5. The van der Waals surface area contributed by atoms with Crippen molar-refractivity contribution in [1.82, 2.24) is 0 Å². The summed E-state index contributed by atoms with van der Waals surface area (Å²) in [6, 6.07) is 22.3. The van der Waals surface area contributed by atoms with E-state index in [-0.39, 0.29) is 45.1 Å². The van der Waals surface area contributed by atoms with Gasteiger partial charge in [-0.25, -0.2) is 0 Å². The lowest BCUT2D eigenvalue weighted by atomic mass is 9.77. The van der Waals surface area contributed by atoms with Gasteiger partial charge in [0, 0.05) is 11.4 Å². The first-order valence-corrected chi connectivity index (χ1v) is 15.4. The minimum Gasteiger partial charge on any atom is -0.507 e. The van der Waals surface area contributed by atoms with Gasteiger partial charge in [0.15, 0.2) is 0 Å². The molecule has 6 heteroatoms. The third-order valence-electron chi connectivity index (χ3n) is 9.18. The van der Waals surface area contributed by atoms with Gasteiger partial charge in [-0.3, -0.25) is 9.59 Å². The lowest BCUT2D eigenvalue weighted by molar-refractivity contribution is 0.0976. The highest BCUT2D eigenvalue weighted by atomic mass is 16.5. The zero-order valence-electron chi connectivity index (χ0n) is 24.6. The number of phenolic OH excluding ortho intramolecular Hbond substituents is 1. The minimum absolute atomic E-state index is 0.00964. The van der Waals surface area contributed by atoms with Gasteiger partial charge in [-0.15, -0.1) is 0 Å². The van der Waals surface area contributed by atoms with Crippen LogP contribution in [0.15, 0.2) is 72.8 Å². The Morgan fingerprint density at radius 2 is 1.28 bits per heavy atom. The molecule has 1 saturated carbocycles. The second-order valence-electron chi connectivity index (χ2n) is 11.9. The van der Waals surface area contributed by atoms with Crippen LogP contribution in [0.1, 0.15) is 102 Å². The molecular weight excluding hydrogens is 536 g/mol. The van der Waals surface area contributed by atoms with Gasteiger partial charge in [0.1, 0.15) is 17.2 Å². The number of unbranched alkanes of at least 4 members (excludes halogenated alkanes) is 2. The maximum Gasteiger partial charge on any atom is 0.200 e. The summed E-state index contributed by atoms with van der Waals surface area (Å²) in [4.78, 5) is 26.9. The monoisotopic (exact) mass is 574 g/mol. The zero-order valence-corrected chi connectivity index (χ0v) is 24.6. The standard InChI is InChI=1S/C37H38N2O4/c1-2-3-4-5-22-6-8-23(9-7-22)24-10-12-25(13-11-24)26-14-16-27(17-15-26)43-31-21-20-30(40)34-35(31)37(42)33-29(39)19-18-28(38)32(33)36(34)41/h10-23,40H,2-9,38-39H2,1H3. The molecule has 1 fully saturated rings. The number of carbonyl (C=O) groups excluding carboxylic acids is 2. The SMILES string of the molecule is CCCCCC1CCC(c2ccc(-c3ccc(Oc4ccc(O)c5c4C(=O)c4c(N)ccc(N)c4C5=O)cc3)cc2)CC1. The largest absolute Gasteiger partial charge is 0.507 e. The quantitative estimate of drug-likeness (QED) is 0.126. The minimum atomic E-state index is -0.559. The number of fused-ring (bicyclic) bond motifs is 2. The molecule has 4 aromatic rings. The van der Waals surface area contributed by atoms with Gasteiger partial charge in [0.25, 0.3) is 0 Å². The molecule has 0 saturated heterocycles. The Balaban J connectivity index is 1.17. The maximum atomic E-state index is 13.6. The number of aromatic hydroxyl groups is 1. The summed E-state index contributed by atoms with van der Waals surface area (Å²) in [5.41, 5.74) is 15.9. The molecule has 0 aromatic heterocycles. The van der Waals surface area contributed by atoms with Crippen LogP contribution in [0.5, 0.6) is 17.2 Å². The number of nitrogens with two attached hydrogens (primary N) is 2. The van der Waals surface area contributed by atoms with Gasteiger partial charge >= 0.3 is 0 Å². The van der Waals surface area contributed by atoms with Crippen LogP contribution in [0.4, 0.5) is 11.4 Å². The number of anilines is 2. The van der Waals surface area contributed by atoms with E-state index in [0.717, 1.165) is 17.0 Å². The second kappa shape index (κ2) is 12.0. The smallest absolute Gasteiger partial charge is 0.200 e. The molecule has 43 heavy (non-hydrogen) atoms. The van der Waals surface area contributed by atoms with E-state index in [1.807, 2.05) is 24.3 Å². The van der Waals surface area contributed by atoms with E-state index in [9.17, 15) is 14.7 Å². The molecule has 0 unspecified atom stereocenters. The average Bonchev–Trinajstić information content (AvgIpc) is 3.02. The van der Waals surface area contributed by atoms with Gasteiger partial charge in [0.2, 0.25) is 11.6 Å². The Bertz CT molecular complexity index is 1670. The molecule has 4 aromatic carbocycles. The predicted molar refractivity (Wildman–Crippen MR) is 171 cm³/mol. The first-order chi connectivity index (χ1) is 20.9. The number of rotatable bonds is 8. The van der Waals surface area contributed by atoms with E-state index >= 15 is 0 Å². The highest BCUT2D eigenvalue weighted by Crippen LogP contribution is 2.43. The first-order valence-electron chi connectivity index (χ1n) is 15.4. The van der Waals surface area contributed by atoms with Crippen molar-refractivity contribution in [2.45, 2.75) is 64.2 Å². The van der Waals surface area contributed by atoms with E-state index in [4.69, 9.17) is 16.2 Å². The molecule has 6 nitrogen and oxygen atoms in total. The van der Waals surface area contributed by atoms with Crippen LogP contribution in [0.2, 0.25) is 0 Å². The summed E-state index contributed by atoms with van der Waals surface area (Å²) in [7, 11) is 0. The van der Waals surface area contributed by atoms with Gasteiger partial charge in [0.05, 0.1) is 22.3 Å². The summed E-state index contributed by atoms with van der Waals surface area (Å²) in [5.74, 6) is 0.828. The van der Waals surface area contributed by atoms with Crippen LogP contribution in [0.25, 0.3) is 11.1 Å². The third kappa shape index (κ3) is 5.50. The average molecular weight is 575 g/mol. The number of carbonyl (C=O) groups is 2. The van der Waals surface area contributed by atoms with Crippen molar-refractivity contribution in [2.24, 2.45) is 5.92 Å². The van der Waals surface area contributed by atoms with E-state index in [0.29, 0.717) is 11.7 Å². The van der Waals surface area contributed by atoms with Crippen LogP contribution in [0.3, 0.4) is 0 Å². The fourth-order valence-corrected chi connectivity index (χ4v) is 6.74. The Labute approximate surface area is 252 Å². The topological polar surface area (TPSA) is 116 Å². The summed E-state index contributed by atoms with van der Waals surface area (Å²) < 4.78 is 6.11. The van der Waals surface area contributed by atoms with E-state index in [1.54, 1.807) is 0 Å². The number of phenols is 1. The van der Waals surface area contributed by atoms with Crippen molar-refractivity contribution < 1.29 is 19.4 Å². The van der Waals surface area contributed by atoms with Crippen LogP contribution in [-0.2, 0) is 0 Å². The number of ether oxygens (including phenoxy) is 1. The van der Waals surface area contributed by atoms with Gasteiger partial charge in [-0.05, 0) is 90.6 Å². The lowest BCUT2D eigenvalue weighted by Gasteiger charge is -2.29. The molecule has 0 radical (unpaired) electrons. The summed E-state index contributed by atoms with van der Waals surface area (Å²) in [6.07, 6.45) is 10.7. The van der Waals surface area contributed by atoms with Crippen LogP contribution >= 0.6 is 0 Å². The van der Waals surface area contributed by atoms with Gasteiger partial charge in [-0.2, -0.15) is 0 Å². The normalized spacial score (nSPS) is 17.8. The molecule has 0 bridgehead atoms. The van der Waals surface area contributed by atoms with E-state index in [2.05, 4.69) is 31.2 Å². The number of ketones is 2. The lowest BCUT2D eigenvalue weighted by Crippen LogP contribution is -2.24. The number of hydrogen-bond acceptors (Lipinski definition) is 6. The van der Waals surface area contributed by atoms with E-state index < -0.39 is 11.6 Å². The van der Waals surface area contributed by atoms with Gasteiger partial charge in [-0.1, -0.05) is 69.0 Å². The second-order valence-corrected chi connectivity index (χ2v) is 11.9. The number of benzene rings is 4. The predicted octanol–water partition coefficient (Wildman–Crippen LogP) is 8.65. The molecular formula is C37H38N2O4. The summed E-state index contributed by atoms with van der Waals surface area (Å²) >= 11 is 0. The van der Waals surface area contributed by atoms with Crippen molar-refractivity contribution in [3.05, 3.63) is 101 Å². The Kier molecular flexibility index (Phi) is 7.94. The van der Waals surface area contributed by atoms with Crippen molar-refractivity contribution in [2.75, 3.05) is 11.5 Å². The van der Waals surface area contributed by atoms with Crippen molar-refractivity contribution in [3.63, 3.8) is 0 Å². The molecule has 0 aliphatic heterocycles. The highest BCUT2D eigenvalue weighted by Gasteiger charge is 2.37. The Morgan fingerprint density at radius 1 is 0.698 bits per heavy atom. The molecule has 2 aliphatic carbocycles. The van der Waals surface area contributed by atoms with Gasteiger partial charge < -0.3 is 21.3 Å². The third-order valence-corrected chi connectivity index (χ3v) is 9.18. The maximum absolute atomic E-state index is 13.6. The van der Waals surface area contributed by atoms with Crippen molar-refractivity contribution >= 4 is 22.9 Å². The van der Waals surface area contributed by atoms with Crippen LogP contribution < -0.4 is 16.2 Å².